The highest BCUT2D eigenvalue weighted by atomic mass is 16.5. The van der Waals surface area contributed by atoms with Gasteiger partial charge >= 0.3 is 0 Å². The minimum atomic E-state index is 0.0935. The van der Waals surface area contributed by atoms with Crippen LogP contribution in [0.15, 0.2) is 0 Å². The Bertz CT molecular complexity index is 264. The topological polar surface area (TPSA) is 38.7 Å². The van der Waals surface area contributed by atoms with Crippen LogP contribution in [0.4, 0.5) is 0 Å². The number of hydrogen-bond donors (Lipinski definition) is 1. The van der Waals surface area contributed by atoms with E-state index in [1.54, 1.807) is 0 Å². The molecule has 0 radical (unpaired) electrons. The van der Waals surface area contributed by atoms with Gasteiger partial charge in [0.25, 0.3) is 0 Å². The molecule has 0 amide bonds. The van der Waals surface area contributed by atoms with Gasteiger partial charge in [0.05, 0.1) is 32.5 Å². The van der Waals surface area contributed by atoms with Crippen molar-refractivity contribution in [1.29, 1.82) is 0 Å². The van der Waals surface area contributed by atoms with Crippen LogP contribution in [-0.2, 0) is 9.47 Å². The molecule has 2 bridgehead atoms. The molecule has 2 rings (SSSR count). The van der Waals surface area contributed by atoms with Crippen molar-refractivity contribution in [2.75, 3.05) is 26.4 Å². The first-order valence-corrected chi connectivity index (χ1v) is 6.82. The highest BCUT2D eigenvalue weighted by molar-refractivity contribution is 5.11. The predicted molar refractivity (Wildman–Crippen MR) is 66.9 cm³/mol. The van der Waals surface area contributed by atoms with Crippen molar-refractivity contribution < 1.29 is 14.6 Å². The van der Waals surface area contributed by atoms with Crippen molar-refractivity contribution in [3.8, 4) is 0 Å². The number of aliphatic hydroxyl groups excluding tert-OH is 1. The summed E-state index contributed by atoms with van der Waals surface area (Å²) in [5, 5.41) is 8.61. The van der Waals surface area contributed by atoms with Gasteiger partial charge < -0.3 is 14.6 Å². The van der Waals surface area contributed by atoms with E-state index >= 15 is 0 Å². The van der Waals surface area contributed by atoms with Crippen molar-refractivity contribution in [2.24, 2.45) is 16.7 Å². The third-order valence-electron chi connectivity index (χ3n) is 5.50. The molecule has 100 valence electrons. The molecule has 2 aliphatic carbocycles. The summed E-state index contributed by atoms with van der Waals surface area (Å²) in [5.41, 5.74) is 0.762. The number of rotatable bonds is 6. The second kappa shape index (κ2) is 4.87. The molecule has 0 aromatic rings. The zero-order valence-corrected chi connectivity index (χ0v) is 11.4. The maximum absolute atomic E-state index is 8.61. The largest absolute Gasteiger partial charge is 0.394 e. The molecule has 3 heteroatoms. The molecule has 0 saturated heterocycles. The van der Waals surface area contributed by atoms with Crippen LogP contribution in [0, 0.1) is 16.7 Å². The van der Waals surface area contributed by atoms with Crippen molar-refractivity contribution in [3.63, 3.8) is 0 Å². The Kier molecular flexibility index (Phi) is 3.81. The zero-order valence-electron chi connectivity index (χ0n) is 11.4. The van der Waals surface area contributed by atoms with Gasteiger partial charge in [-0.25, -0.2) is 0 Å². The number of aliphatic hydroxyl groups is 1. The smallest absolute Gasteiger partial charge is 0.0704 e. The molecular weight excluding hydrogens is 216 g/mol. The molecule has 2 fully saturated rings. The molecule has 3 unspecified atom stereocenters. The van der Waals surface area contributed by atoms with Crippen LogP contribution >= 0.6 is 0 Å². The Morgan fingerprint density at radius 2 is 1.94 bits per heavy atom. The number of ether oxygens (including phenoxy) is 2. The Hall–Kier alpha value is -0.120. The lowest BCUT2D eigenvalue weighted by molar-refractivity contribution is -0.0662. The third kappa shape index (κ3) is 2.13. The quantitative estimate of drug-likeness (QED) is 0.726. The SMILES string of the molecule is CC1(C)C2CCC1(C)C(OCCOCCO)C2. The van der Waals surface area contributed by atoms with E-state index in [9.17, 15) is 0 Å². The van der Waals surface area contributed by atoms with E-state index in [2.05, 4.69) is 20.8 Å². The van der Waals surface area contributed by atoms with Gasteiger partial charge in [-0.1, -0.05) is 20.8 Å². The van der Waals surface area contributed by atoms with E-state index in [1.165, 1.54) is 19.3 Å². The molecular formula is C14H26O3. The second-order valence-corrected chi connectivity index (χ2v) is 6.31. The molecule has 0 heterocycles. The van der Waals surface area contributed by atoms with Gasteiger partial charge in [-0.2, -0.15) is 0 Å². The molecule has 2 aliphatic rings. The Balaban J connectivity index is 1.80. The van der Waals surface area contributed by atoms with Gasteiger partial charge in [-0.3, -0.25) is 0 Å². The molecule has 3 atom stereocenters. The summed E-state index contributed by atoms with van der Waals surface area (Å²) in [6, 6.07) is 0. The molecule has 17 heavy (non-hydrogen) atoms. The highest BCUT2D eigenvalue weighted by Gasteiger charge is 2.61. The van der Waals surface area contributed by atoms with E-state index < -0.39 is 0 Å². The van der Waals surface area contributed by atoms with Crippen molar-refractivity contribution in [1.82, 2.24) is 0 Å². The van der Waals surface area contributed by atoms with Crippen LogP contribution in [0.5, 0.6) is 0 Å². The van der Waals surface area contributed by atoms with E-state index in [-0.39, 0.29) is 6.61 Å². The zero-order chi connectivity index (χ0) is 12.5. The predicted octanol–water partition coefficient (Wildman–Crippen LogP) is 2.23. The van der Waals surface area contributed by atoms with Gasteiger partial charge in [0.2, 0.25) is 0 Å². The standard InChI is InChI=1S/C14H26O3/c1-13(2)11-4-5-14(13,3)12(10-11)17-9-8-16-7-6-15/h11-12,15H,4-10H2,1-3H3. The summed E-state index contributed by atoms with van der Waals surface area (Å²) in [6.45, 7) is 8.95. The van der Waals surface area contributed by atoms with Gasteiger partial charge in [-0.05, 0) is 36.0 Å². The van der Waals surface area contributed by atoms with E-state index in [1.807, 2.05) is 0 Å². The molecule has 3 nitrogen and oxygen atoms in total. The maximum Gasteiger partial charge on any atom is 0.0704 e. The lowest BCUT2D eigenvalue weighted by atomic mass is 9.70. The van der Waals surface area contributed by atoms with Gasteiger partial charge in [0.1, 0.15) is 0 Å². The average molecular weight is 242 g/mol. The van der Waals surface area contributed by atoms with Crippen LogP contribution in [0.2, 0.25) is 0 Å². The Morgan fingerprint density at radius 3 is 2.47 bits per heavy atom. The summed E-state index contributed by atoms with van der Waals surface area (Å²) in [4.78, 5) is 0. The second-order valence-electron chi connectivity index (χ2n) is 6.31. The molecule has 0 spiro atoms. The van der Waals surface area contributed by atoms with Crippen LogP contribution in [0.25, 0.3) is 0 Å². The van der Waals surface area contributed by atoms with Crippen LogP contribution in [-0.4, -0.2) is 37.6 Å². The summed E-state index contributed by atoms with van der Waals surface area (Å²) >= 11 is 0. The normalized spacial score (nSPS) is 38.8. The molecule has 0 aromatic carbocycles. The monoisotopic (exact) mass is 242 g/mol. The summed E-state index contributed by atoms with van der Waals surface area (Å²) in [5.74, 6) is 0.830. The first-order valence-electron chi connectivity index (χ1n) is 6.82. The van der Waals surface area contributed by atoms with Crippen molar-refractivity contribution in [3.05, 3.63) is 0 Å². The lowest BCUT2D eigenvalue weighted by Crippen LogP contribution is -2.37. The first kappa shape index (κ1) is 13.3. The van der Waals surface area contributed by atoms with Gasteiger partial charge in [0.15, 0.2) is 0 Å². The van der Waals surface area contributed by atoms with E-state index in [0.29, 0.717) is 36.8 Å². The highest BCUT2D eigenvalue weighted by Crippen LogP contribution is 2.66. The van der Waals surface area contributed by atoms with Crippen LogP contribution in [0.3, 0.4) is 0 Å². The molecule has 1 N–H and O–H groups in total. The van der Waals surface area contributed by atoms with E-state index in [4.69, 9.17) is 14.6 Å². The fourth-order valence-corrected chi connectivity index (χ4v) is 3.80. The summed E-state index contributed by atoms with van der Waals surface area (Å²) in [6.07, 6.45) is 4.27. The van der Waals surface area contributed by atoms with Crippen LogP contribution in [0.1, 0.15) is 40.0 Å². The fraction of sp³-hybridized carbons (Fsp3) is 1.00. The number of hydrogen-bond acceptors (Lipinski definition) is 3. The Labute approximate surface area is 104 Å². The number of fused-ring (bicyclic) bond motifs is 2. The molecule has 2 saturated carbocycles. The van der Waals surface area contributed by atoms with E-state index in [0.717, 1.165) is 5.92 Å². The van der Waals surface area contributed by atoms with Crippen LogP contribution < -0.4 is 0 Å². The van der Waals surface area contributed by atoms with Gasteiger partial charge in [-0.15, -0.1) is 0 Å². The maximum atomic E-state index is 8.61. The van der Waals surface area contributed by atoms with Crippen molar-refractivity contribution >= 4 is 0 Å². The first-order chi connectivity index (χ1) is 8.02. The minimum Gasteiger partial charge on any atom is -0.394 e. The van der Waals surface area contributed by atoms with Crippen molar-refractivity contribution in [2.45, 2.75) is 46.1 Å². The lowest BCUT2D eigenvalue weighted by Gasteiger charge is -2.38. The minimum absolute atomic E-state index is 0.0935. The average Bonchev–Trinajstić information content (AvgIpc) is 2.61. The Morgan fingerprint density at radius 1 is 1.18 bits per heavy atom. The van der Waals surface area contributed by atoms with Gasteiger partial charge in [0, 0.05) is 0 Å². The third-order valence-corrected chi connectivity index (χ3v) is 5.50. The molecule has 0 aliphatic heterocycles. The summed E-state index contributed by atoms with van der Waals surface area (Å²) in [7, 11) is 0. The summed E-state index contributed by atoms with van der Waals surface area (Å²) < 4.78 is 11.2. The molecule has 0 aromatic heterocycles. The fourth-order valence-electron chi connectivity index (χ4n) is 3.80.